The van der Waals surface area contributed by atoms with Crippen LogP contribution in [0.1, 0.15) is 19.4 Å². The van der Waals surface area contributed by atoms with Gasteiger partial charge in [0.15, 0.2) is 0 Å². The van der Waals surface area contributed by atoms with E-state index in [0.29, 0.717) is 22.0 Å². The fourth-order valence-corrected chi connectivity index (χ4v) is 3.17. The Balaban J connectivity index is 1.84. The zero-order valence-corrected chi connectivity index (χ0v) is 16.5. The molecule has 27 heavy (non-hydrogen) atoms. The molecule has 0 saturated carbocycles. The third-order valence-electron chi connectivity index (χ3n) is 4.33. The molecule has 1 heterocycles. The molecule has 0 spiro atoms. The van der Waals surface area contributed by atoms with Crippen molar-refractivity contribution in [3.63, 3.8) is 0 Å². The number of carbonyl (C=O) groups excluding carboxylic acids is 1. The molecule has 0 bridgehead atoms. The summed E-state index contributed by atoms with van der Waals surface area (Å²) in [5.74, 6) is -0.194. The van der Waals surface area contributed by atoms with Crippen LogP contribution in [0.2, 0.25) is 10.0 Å². The van der Waals surface area contributed by atoms with E-state index < -0.39 is 0 Å². The number of fused-ring (bicyclic) bond motifs is 1. The number of aromatic nitrogens is 2. The van der Waals surface area contributed by atoms with Gasteiger partial charge in [0.2, 0.25) is 5.91 Å². The smallest absolute Gasteiger partial charge is 0.275 e. The van der Waals surface area contributed by atoms with Gasteiger partial charge in [0.1, 0.15) is 6.54 Å². The first-order chi connectivity index (χ1) is 12.9. The molecular formula is C20H19Cl2N3O2. The maximum atomic E-state index is 12.9. The molecule has 0 radical (unpaired) electrons. The second kappa shape index (κ2) is 8.11. The van der Waals surface area contributed by atoms with Crippen molar-refractivity contribution in [1.82, 2.24) is 14.7 Å². The normalized spacial score (nSPS) is 11.1. The quantitative estimate of drug-likeness (QED) is 0.642. The Morgan fingerprint density at radius 1 is 1.15 bits per heavy atom. The van der Waals surface area contributed by atoms with Crippen LogP contribution in [-0.4, -0.2) is 26.6 Å². The highest BCUT2D eigenvalue weighted by atomic mass is 35.5. The second-order valence-electron chi connectivity index (χ2n) is 6.56. The van der Waals surface area contributed by atoms with E-state index in [1.807, 2.05) is 32.0 Å². The van der Waals surface area contributed by atoms with Crippen molar-refractivity contribution >= 4 is 39.9 Å². The van der Waals surface area contributed by atoms with E-state index in [1.54, 1.807) is 35.4 Å². The lowest BCUT2D eigenvalue weighted by atomic mass is 10.2. The van der Waals surface area contributed by atoms with Crippen molar-refractivity contribution in [2.75, 3.05) is 0 Å². The zero-order chi connectivity index (χ0) is 19.6. The van der Waals surface area contributed by atoms with Crippen LogP contribution in [0.15, 0.2) is 53.5 Å². The van der Waals surface area contributed by atoms with Gasteiger partial charge in [0, 0.05) is 18.0 Å². The number of halogens is 2. The maximum absolute atomic E-state index is 12.9. The number of rotatable bonds is 5. The molecule has 3 aromatic rings. The molecule has 140 valence electrons. The molecule has 3 rings (SSSR count). The van der Waals surface area contributed by atoms with Gasteiger partial charge >= 0.3 is 0 Å². The van der Waals surface area contributed by atoms with E-state index in [4.69, 9.17) is 23.2 Å². The Hall–Kier alpha value is -2.37. The first-order valence-corrected chi connectivity index (χ1v) is 9.30. The van der Waals surface area contributed by atoms with Gasteiger partial charge in [-0.25, -0.2) is 4.68 Å². The van der Waals surface area contributed by atoms with Gasteiger partial charge in [-0.1, -0.05) is 47.5 Å². The molecule has 0 aliphatic heterocycles. The lowest BCUT2D eigenvalue weighted by Gasteiger charge is -2.27. The highest BCUT2D eigenvalue weighted by Gasteiger charge is 2.19. The topological polar surface area (TPSA) is 55.2 Å². The van der Waals surface area contributed by atoms with Crippen molar-refractivity contribution in [3.05, 3.63) is 74.6 Å². The van der Waals surface area contributed by atoms with Crippen LogP contribution in [0.5, 0.6) is 0 Å². The third kappa shape index (κ3) is 4.31. The number of hydrogen-bond donors (Lipinski definition) is 0. The van der Waals surface area contributed by atoms with E-state index in [0.717, 1.165) is 10.9 Å². The van der Waals surface area contributed by atoms with Crippen LogP contribution in [0.25, 0.3) is 10.8 Å². The molecule has 0 atom stereocenters. The molecule has 1 aromatic heterocycles. The Bertz CT molecular complexity index is 1050. The number of hydrogen-bond acceptors (Lipinski definition) is 3. The van der Waals surface area contributed by atoms with Crippen LogP contribution < -0.4 is 5.56 Å². The number of amides is 1. The van der Waals surface area contributed by atoms with Crippen molar-refractivity contribution in [2.45, 2.75) is 33.0 Å². The molecule has 0 fully saturated rings. The second-order valence-corrected chi connectivity index (χ2v) is 7.37. The summed E-state index contributed by atoms with van der Waals surface area (Å²) in [4.78, 5) is 27.1. The lowest BCUT2D eigenvalue weighted by Crippen LogP contribution is -2.40. The summed E-state index contributed by atoms with van der Waals surface area (Å²) >= 11 is 12.0. The highest BCUT2D eigenvalue weighted by molar-refractivity contribution is 6.42. The van der Waals surface area contributed by atoms with Crippen molar-refractivity contribution < 1.29 is 4.79 Å². The van der Waals surface area contributed by atoms with Crippen LogP contribution in [0.4, 0.5) is 0 Å². The SMILES string of the molecule is CC(C)N(Cc1ccc(Cl)c(Cl)c1)C(=O)Cn1ncc2ccccc2c1=O. The Kier molecular flexibility index (Phi) is 5.82. The summed E-state index contributed by atoms with van der Waals surface area (Å²) in [6, 6.07) is 12.4. The number of benzene rings is 2. The standard InChI is InChI=1S/C20H19Cl2N3O2/c1-13(2)24(11-14-7-8-17(21)18(22)9-14)19(26)12-25-20(27)16-6-4-3-5-15(16)10-23-25/h3-10,13H,11-12H2,1-2H3. The first-order valence-electron chi connectivity index (χ1n) is 8.55. The van der Waals surface area contributed by atoms with E-state index in [1.165, 1.54) is 4.68 Å². The highest BCUT2D eigenvalue weighted by Crippen LogP contribution is 2.23. The first kappa shape index (κ1) is 19.4. The average Bonchev–Trinajstić information content (AvgIpc) is 2.64. The van der Waals surface area contributed by atoms with Crippen LogP contribution >= 0.6 is 23.2 Å². The van der Waals surface area contributed by atoms with Crippen molar-refractivity contribution in [2.24, 2.45) is 0 Å². The number of nitrogens with zero attached hydrogens (tertiary/aromatic N) is 3. The summed E-state index contributed by atoms with van der Waals surface area (Å²) in [6.45, 7) is 4.09. The molecule has 7 heteroatoms. The molecule has 5 nitrogen and oxygen atoms in total. The van der Waals surface area contributed by atoms with Crippen molar-refractivity contribution in [3.8, 4) is 0 Å². The monoisotopic (exact) mass is 403 g/mol. The molecular weight excluding hydrogens is 385 g/mol. The van der Waals surface area contributed by atoms with Gasteiger partial charge in [0.25, 0.3) is 5.56 Å². The molecule has 0 unspecified atom stereocenters. The Morgan fingerprint density at radius 3 is 2.59 bits per heavy atom. The van der Waals surface area contributed by atoms with E-state index >= 15 is 0 Å². The summed E-state index contributed by atoms with van der Waals surface area (Å²) in [5.41, 5.74) is 0.588. The Labute approximate surface area is 167 Å². The maximum Gasteiger partial charge on any atom is 0.275 e. The molecule has 0 saturated heterocycles. The summed E-state index contributed by atoms with van der Waals surface area (Å²) in [5, 5.41) is 6.34. The molecule has 1 amide bonds. The fraction of sp³-hybridized carbons (Fsp3) is 0.250. The molecule has 2 aromatic carbocycles. The minimum absolute atomic E-state index is 0.0527. The predicted molar refractivity (Wildman–Crippen MR) is 108 cm³/mol. The minimum Gasteiger partial charge on any atom is -0.334 e. The van der Waals surface area contributed by atoms with Crippen LogP contribution in [0, 0.1) is 0 Å². The van der Waals surface area contributed by atoms with Crippen LogP contribution in [0.3, 0.4) is 0 Å². The third-order valence-corrected chi connectivity index (χ3v) is 5.07. The number of carbonyl (C=O) groups is 1. The van der Waals surface area contributed by atoms with Gasteiger partial charge in [-0.2, -0.15) is 5.10 Å². The molecule has 0 aliphatic rings. The summed E-state index contributed by atoms with van der Waals surface area (Å²) in [6.07, 6.45) is 1.60. The van der Waals surface area contributed by atoms with Gasteiger partial charge < -0.3 is 4.90 Å². The molecule has 0 N–H and O–H groups in total. The summed E-state index contributed by atoms with van der Waals surface area (Å²) < 4.78 is 1.20. The zero-order valence-electron chi connectivity index (χ0n) is 15.0. The average molecular weight is 404 g/mol. The van der Waals surface area contributed by atoms with Gasteiger partial charge in [0.05, 0.1) is 21.6 Å². The van der Waals surface area contributed by atoms with Gasteiger partial charge in [-0.05, 0) is 37.6 Å². The molecule has 0 aliphatic carbocycles. The van der Waals surface area contributed by atoms with Gasteiger partial charge in [-0.15, -0.1) is 0 Å². The summed E-state index contributed by atoms with van der Waals surface area (Å²) in [7, 11) is 0. The van der Waals surface area contributed by atoms with Crippen LogP contribution in [-0.2, 0) is 17.9 Å². The lowest BCUT2D eigenvalue weighted by molar-refractivity contribution is -0.134. The Morgan fingerprint density at radius 2 is 1.89 bits per heavy atom. The van der Waals surface area contributed by atoms with Gasteiger partial charge in [-0.3, -0.25) is 9.59 Å². The van der Waals surface area contributed by atoms with Crippen molar-refractivity contribution in [1.29, 1.82) is 0 Å². The van der Waals surface area contributed by atoms with E-state index in [2.05, 4.69) is 5.10 Å². The van der Waals surface area contributed by atoms with E-state index in [9.17, 15) is 9.59 Å². The minimum atomic E-state index is -0.278. The largest absolute Gasteiger partial charge is 0.334 e. The van der Waals surface area contributed by atoms with E-state index in [-0.39, 0.29) is 24.1 Å². The fourth-order valence-electron chi connectivity index (χ4n) is 2.85. The predicted octanol–water partition coefficient (Wildman–Crippen LogP) is 4.14.